The van der Waals surface area contributed by atoms with Gasteiger partial charge in [0.15, 0.2) is 0 Å². The summed E-state index contributed by atoms with van der Waals surface area (Å²) < 4.78 is 3.29. The van der Waals surface area contributed by atoms with Crippen LogP contribution in [0, 0.1) is 6.92 Å². The first-order valence-electron chi connectivity index (χ1n) is 4.89. The standard InChI is InChI=1S/C11H11BrN2/c1-7-5-14-6-10(12)9(8-2-3-8)4-11(14)13-7/h4-6,8H,2-3H2,1H3. The van der Waals surface area contributed by atoms with Crippen LogP contribution < -0.4 is 0 Å². The molecular weight excluding hydrogens is 240 g/mol. The second-order valence-corrected chi connectivity index (χ2v) is 4.85. The predicted molar refractivity (Wildman–Crippen MR) is 59.6 cm³/mol. The second kappa shape index (κ2) is 2.83. The second-order valence-electron chi connectivity index (χ2n) is 4.00. The van der Waals surface area contributed by atoms with Gasteiger partial charge in [0.1, 0.15) is 5.65 Å². The Balaban J connectivity index is 2.25. The Labute approximate surface area is 91.1 Å². The molecule has 0 aromatic carbocycles. The largest absolute Gasteiger partial charge is 0.306 e. The van der Waals surface area contributed by atoms with Gasteiger partial charge in [0.25, 0.3) is 0 Å². The Kier molecular flexibility index (Phi) is 1.71. The van der Waals surface area contributed by atoms with Crippen LogP contribution in [0.4, 0.5) is 0 Å². The van der Waals surface area contributed by atoms with Crippen LogP contribution in [0.15, 0.2) is 22.9 Å². The molecule has 0 unspecified atom stereocenters. The van der Waals surface area contributed by atoms with Crippen molar-refractivity contribution in [3.05, 3.63) is 34.2 Å². The summed E-state index contributed by atoms with van der Waals surface area (Å²) in [5, 5.41) is 0. The average molecular weight is 251 g/mol. The molecule has 0 atom stereocenters. The SMILES string of the molecule is Cc1cn2cc(Br)c(C3CC3)cc2n1. The van der Waals surface area contributed by atoms with Crippen molar-refractivity contribution in [1.29, 1.82) is 0 Å². The van der Waals surface area contributed by atoms with Crippen molar-refractivity contribution in [2.24, 2.45) is 0 Å². The van der Waals surface area contributed by atoms with E-state index >= 15 is 0 Å². The van der Waals surface area contributed by atoms with Gasteiger partial charge in [-0.3, -0.25) is 0 Å². The van der Waals surface area contributed by atoms with Crippen molar-refractivity contribution in [2.45, 2.75) is 25.7 Å². The maximum atomic E-state index is 4.47. The Morgan fingerprint density at radius 1 is 1.43 bits per heavy atom. The maximum Gasteiger partial charge on any atom is 0.137 e. The first-order valence-corrected chi connectivity index (χ1v) is 5.68. The quantitative estimate of drug-likeness (QED) is 0.760. The molecule has 0 bridgehead atoms. The highest BCUT2D eigenvalue weighted by molar-refractivity contribution is 9.10. The van der Waals surface area contributed by atoms with Gasteiger partial charge < -0.3 is 4.40 Å². The van der Waals surface area contributed by atoms with E-state index in [1.807, 2.05) is 6.92 Å². The van der Waals surface area contributed by atoms with Crippen molar-refractivity contribution >= 4 is 21.6 Å². The summed E-state index contributed by atoms with van der Waals surface area (Å²) in [6.45, 7) is 2.03. The summed E-state index contributed by atoms with van der Waals surface area (Å²) in [6.07, 6.45) is 6.82. The Morgan fingerprint density at radius 3 is 2.93 bits per heavy atom. The van der Waals surface area contributed by atoms with Crippen LogP contribution >= 0.6 is 15.9 Å². The van der Waals surface area contributed by atoms with Crippen molar-refractivity contribution in [1.82, 2.24) is 9.38 Å². The van der Waals surface area contributed by atoms with Crippen LogP contribution in [0.25, 0.3) is 5.65 Å². The fraction of sp³-hybridized carbons (Fsp3) is 0.364. The maximum absolute atomic E-state index is 4.47. The third-order valence-electron chi connectivity index (χ3n) is 2.71. The monoisotopic (exact) mass is 250 g/mol. The molecule has 14 heavy (non-hydrogen) atoms. The summed E-state index contributed by atoms with van der Waals surface area (Å²) in [7, 11) is 0. The number of pyridine rings is 1. The Bertz CT molecular complexity index is 497. The molecule has 1 fully saturated rings. The number of nitrogens with zero attached hydrogens (tertiary/aromatic N) is 2. The normalized spacial score (nSPS) is 16.4. The van der Waals surface area contributed by atoms with E-state index in [-0.39, 0.29) is 0 Å². The zero-order valence-corrected chi connectivity index (χ0v) is 9.58. The summed E-state index contributed by atoms with van der Waals surface area (Å²) in [5.74, 6) is 0.770. The summed E-state index contributed by atoms with van der Waals surface area (Å²) in [6, 6.07) is 2.20. The molecule has 1 aliphatic rings. The molecule has 3 rings (SSSR count). The van der Waals surface area contributed by atoms with Crippen LogP contribution in [-0.2, 0) is 0 Å². The molecule has 2 heterocycles. The lowest BCUT2D eigenvalue weighted by Gasteiger charge is -2.02. The van der Waals surface area contributed by atoms with E-state index in [1.165, 1.54) is 22.9 Å². The topological polar surface area (TPSA) is 17.3 Å². The van der Waals surface area contributed by atoms with Gasteiger partial charge in [-0.25, -0.2) is 4.98 Å². The third kappa shape index (κ3) is 1.27. The minimum atomic E-state index is 0.770. The van der Waals surface area contributed by atoms with Crippen LogP contribution in [0.3, 0.4) is 0 Å². The highest BCUT2D eigenvalue weighted by Crippen LogP contribution is 2.43. The molecule has 2 aromatic heterocycles. The van der Waals surface area contributed by atoms with Gasteiger partial charge >= 0.3 is 0 Å². The number of hydrogen-bond acceptors (Lipinski definition) is 1. The van der Waals surface area contributed by atoms with Crippen LogP contribution in [-0.4, -0.2) is 9.38 Å². The van der Waals surface area contributed by atoms with E-state index in [0.29, 0.717) is 0 Å². The fourth-order valence-corrected chi connectivity index (χ4v) is 2.52. The molecule has 0 amide bonds. The molecule has 0 aliphatic heterocycles. The van der Waals surface area contributed by atoms with E-state index in [1.54, 1.807) is 0 Å². The molecule has 72 valence electrons. The molecule has 0 spiro atoms. The van der Waals surface area contributed by atoms with Gasteiger partial charge in [-0.2, -0.15) is 0 Å². The molecule has 2 nitrogen and oxygen atoms in total. The fourth-order valence-electron chi connectivity index (χ4n) is 1.86. The zero-order chi connectivity index (χ0) is 9.71. The lowest BCUT2D eigenvalue weighted by atomic mass is 10.2. The van der Waals surface area contributed by atoms with Gasteiger partial charge in [0.05, 0.1) is 5.69 Å². The van der Waals surface area contributed by atoms with Gasteiger partial charge in [-0.1, -0.05) is 0 Å². The smallest absolute Gasteiger partial charge is 0.137 e. The molecule has 0 saturated heterocycles. The molecule has 0 radical (unpaired) electrons. The van der Waals surface area contributed by atoms with Gasteiger partial charge in [0.2, 0.25) is 0 Å². The number of halogens is 1. The first-order chi connectivity index (χ1) is 6.74. The number of hydrogen-bond donors (Lipinski definition) is 0. The molecule has 1 saturated carbocycles. The lowest BCUT2D eigenvalue weighted by Crippen LogP contribution is -1.88. The molecule has 1 aliphatic carbocycles. The van der Waals surface area contributed by atoms with Crippen molar-refractivity contribution < 1.29 is 0 Å². The van der Waals surface area contributed by atoms with Gasteiger partial charge in [0, 0.05) is 16.9 Å². The van der Waals surface area contributed by atoms with Crippen LogP contribution in [0.5, 0.6) is 0 Å². The number of fused-ring (bicyclic) bond motifs is 1. The number of aryl methyl sites for hydroxylation is 1. The third-order valence-corrected chi connectivity index (χ3v) is 3.37. The van der Waals surface area contributed by atoms with E-state index in [4.69, 9.17) is 0 Å². The highest BCUT2D eigenvalue weighted by atomic mass is 79.9. The minimum Gasteiger partial charge on any atom is -0.306 e. The molecule has 2 aromatic rings. The predicted octanol–water partition coefficient (Wildman–Crippen LogP) is 3.28. The number of rotatable bonds is 1. The van der Waals surface area contributed by atoms with Crippen molar-refractivity contribution in [3.63, 3.8) is 0 Å². The van der Waals surface area contributed by atoms with Crippen molar-refractivity contribution in [2.75, 3.05) is 0 Å². The Hall–Kier alpha value is -0.830. The highest BCUT2D eigenvalue weighted by Gasteiger charge is 2.26. The summed E-state index contributed by atoms with van der Waals surface area (Å²) in [4.78, 5) is 4.47. The molecule has 0 N–H and O–H groups in total. The van der Waals surface area contributed by atoms with E-state index in [9.17, 15) is 0 Å². The zero-order valence-electron chi connectivity index (χ0n) is 8.00. The van der Waals surface area contributed by atoms with E-state index in [2.05, 4.69) is 43.8 Å². The Morgan fingerprint density at radius 2 is 2.21 bits per heavy atom. The average Bonchev–Trinajstić information content (AvgIpc) is 2.88. The number of aromatic nitrogens is 2. The molecular formula is C11H11BrN2. The molecule has 3 heteroatoms. The van der Waals surface area contributed by atoms with E-state index < -0.39 is 0 Å². The summed E-state index contributed by atoms with van der Waals surface area (Å²) >= 11 is 3.62. The number of imidazole rings is 1. The van der Waals surface area contributed by atoms with Crippen LogP contribution in [0.1, 0.15) is 30.0 Å². The lowest BCUT2D eigenvalue weighted by molar-refractivity contribution is 1.07. The summed E-state index contributed by atoms with van der Waals surface area (Å²) in [5.41, 5.74) is 3.56. The van der Waals surface area contributed by atoms with Gasteiger partial charge in [-0.15, -0.1) is 0 Å². The van der Waals surface area contributed by atoms with Crippen molar-refractivity contribution in [3.8, 4) is 0 Å². The van der Waals surface area contributed by atoms with Crippen LogP contribution in [0.2, 0.25) is 0 Å². The van der Waals surface area contributed by atoms with Gasteiger partial charge in [-0.05, 0) is 53.2 Å². The minimum absolute atomic E-state index is 0.770. The van der Waals surface area contributed by atoms with E-state index in [0.717, 1.165) is 17.3 Å². The first kappa shape index (κ1) is 8.48.